The zero-order valence-electron chi connectivity index (χ0n) is 11.0. The van der Waals surface area contributed by atoms with Gasteiger partial charge in [0.05, 0.1) is 11.1 Å². The lowest BCUT2D eigenvalue weighted by molar-refractivity contribution is -0.131. The SMILES string of the molecule is O=C(O)/C=C/c1ccc2c(nnn2CC2CC2)c1C(F)F. The standard InChI is InChI=1S/C14H13F2N3O2/c15-14(16)12-9(4-6-11(20)21)3-5-10-13(12)17-18-19(10)7-8-1-2-8/h3-6,8,14H,1-2,7H2,(H,20,21)/b6-4+. The molecule has 0 saturated heterocycles. The van der Waals surface area contributed by atoms with Gasteiger partial charge in [-0.05, 0) is 36.5 Å². The number of carbonyl (C=O) groups is 1. The molecule has 2 aromatic rings. The second-order valence-corrected chi connectivity index (χ2v) is 5.12. The Bertz CT molecular complexity index is 720. The Morgan fingerprint density at radius 1 is 1.48 bits per heavy atom. The largest absolute Gasteiger partial charge is 0.478 e. The maximum absolute atomic E-state index is 13.3. The first-order chi connectivity index (χ1) is 10.1. The van der Waals surface area contributed by atoms with Crippen LogP contribution in [0.4, 0.5) is 8.78 Å². The smallest absolute Gasteiger partial charge is 0.328 e. The van der Waals surface area contributed by atoms with Gasteiger partial charge in [0.25, 0.3) is 6.43 Å². The fourth-order valence-corrected chi connectivity index (χ4v) is 2.29. The maximum atomic E-state index is 13.3. The van der Waals surface area contributed by atoms with Gasteiger partial charge in [-0.1, -0.05) is 11.3 Å². The minimum atomic E-state index is -2.74. The highest BCUT2D eigenvalue weighted by Crippen LogP contribution is 2.34. The van der Waals surface area contributed by atoms with E-state index >= 15 is 0 Å². The molecule has 1 aliphatic rings. The molecule has 3 rings (SSSR count). The van der Waals surface area contributed by atoms with Gasteiger partial charge in [0.15, 0.2) is 0 Å². The van der Waals surface area contributed by atoms with Gasteiger partial charge in [-0.25, -0.2) is 18.3 Å². The van der Waals surface area contributed by atoms with E-state index in [1.165, 1.54) is 6.07 Å². The molecule has 1 N–H and O–H groups in total. The summed E-state index contributed by atoms with van der Waals surface area (Å²) in [5.74, 6) is -0.635. The first kappa shape index (κ1) is 13.7. The van der Waals surface area contributed by atoms with Crippen molar-refractivity contribution in [1.29, 1.82) is 0 Å². The number of benzene rings is 1. The van der Waals surface area contributed by atoms with Gasteiger partial charge in [0.1, 0.15) is 5.52 Å². The Kier molecular flexibility index (Phi) is 3.40. The van der Waals surface area contributed by atoms with Gasteiger partial charge in [-0.2, -0.15) is 0 Å². The molecule has 1 fully saturated rings. The van der Waals surface area contributed by atoms with Crippen molar-refractivity contribution in [3.63, 3.8) is 0 Å². The number of hydrogen-bond acceptors (Lipinski definition) is 3. The van der Waals surface area contributed by atoms with E-state index in [1.54, 1.807) is 10.7 Å². The average Bonchev–Trinajstić information content (AvgIpc) is 3.15. The fourth-order valence-electron chi connectivity index (χ4n) is 2.29. The number of hydrogen-bond donors (Lipinski definition) is 1. The molecule has 5 nitrogen and oxygen atoms in total. The fraction of sp³-hybridized carbons (Fsp3) is 0.357. The van der Waals surface area contributed by atoms with E-state index in [2.05, 4.69) is 10.3 Å². The van der Waals surface area contributed by atoms with Crippen molar-refractivity contribution in [1.82, 2.24) is 15.0 Å². The highest BCUT2D eigenvalue weighted by atomic mass is 19.3. The Morgan fingerprint density at radius 3 is 2.86 bits per heavy atom. The number of rotatable bonds is 5. The molecule has 7 heteroatoms. The Morgan fingerprint density at radius 2 is 2.24 bits per heavy atom. The average molecular weight is 293 g/mol. The summed E-state index contributed by atoms with van der Waals surface area (Å²) in [6.07, 6.45) is 1.50. The van der Waals surface area contributed by atoms with Gasteiger partial charge in [0, 0.05) is 12.6 Å². The Hall–Kier alpha value is -2.31. The lowest BCUT2D eigenvalue weighted by Crippen LogP contribution is -2.02. The summed E-state index contributed by atoms with van der Waals surface area (Å²) in [7, 11) is 0. The molecule has 0 bridgehead atoms. The molecule has 1 saturated carbocycles. The van der Waals surface area contributed by atoms with Crippen molar-refractivity contribution in [2.75, 3.05) is 0 Å². The molecule has 0 aliphatic heterocycles. The number of aliphatic carboxylic acids is 1. The van der Waals surface area contributed by atoms with Crippen molar-refractivity contribution in [2.24, 2.45) is 5.92 Å². The predicted octanol–water partition coefficient (Wildman–Crippen LogP) is 2.88. The monoisotopic (exact) mass is 293 g/mol. The molecule has 1 aliphatic carbocycles. The van der Waals surface area contributed by atoms with Crippen LogP contribution in [0, 0.1) is 5.92 Å². The lowest BCUT2D eigenvalue weighted by Gasteiger charge is -2.06. The minimum Gasteiger partial charge on any atom is -0.478 e. The normalized spacial score (nSPS) is 15.4. The molecule has 0 radical (unpaired) electrons. The molecule has 0 atom stereocenters. The van der Waals surface area contributed by atoms with Gasteiger partial charge >= 0.3 is 5.97 Å². The summed E-state index contributed by atoms with van der Waals surface area (Å²) in [5, 5.41) is 16.4. The third-order valence-electron chi connectivity index (χ3n) is 3.51. The summed E-state index contributed by atoms with van der Waals surface area (Å²) in [4.78, 5) is 10.5. The molecule has 110 valence electrons. The van der Waals surface area contributed by atoms with Gasteiger partial charge in [-0.15, -0.1) is 5.10 Å². The molecule has 0 unspecified atom stereocenters. The van der Waals surface area contributed by atoms with Crippen LogP contribution in [0.15, 0.2) is 18.2 Å². The number of fused-ring (bicyclic) bond motifs is 1. The van der Waals surface area contributed by atoms with E-state index in [-0.39, 0.29) is 16.6 Å². The summed E-state index contributed by atoms with van der Waals surface area (Å²) in [5.41, 5.74) is 0.577. The summed E-state index contributed by atoms with van der Waals surface area (Å²) < 4.78 is 28.3. The molecule has 1 aromatic heterocycles. The van der Waals surface area contributed by atoms with Gasteiger partial charge < -0.3 is 5.11 Å². The molecule has 0 amide bonds. The summed E-state index contributed by atoms with van der Waals surface area (Å²) in [6, 6.07) is 3.14. The van der Waals surface area contributed by atoms with E-state index in [1.807, 2.05) is 0 Å². The number of aromatic nitrogens is 3. The highest BCUT2D eigenvalue weighted by molar-refractivity contribution is 5.88. The Balaban J connectivity index is 2.08. The number of alkyl halides is 2. The van der Waals surface area contributed by atoms with Crippen LogP contribution in [-0.2, 0) is 11.3 Å². The molecule has 21 heavy (non-hydrogen) atoms. The summed E-state index contributed by atoms with van der Waals surface area (Å²) >= 11 is 0. The number of halogens is 2. The second-order valence-electron chi connectivity index (χ2n) is 5.12. The number of carboxylic acids is 1. The maximum Gasteiger partial charge on any atom is 0.328 e. The molecular formula is C14H13F2N3O2. The topological polar surface area (TPSA) is 68.0 Å². The lowest BCUT2D eigenvalue weighted by atomic mass is 10.1. The first-order valence-electron chi connectivity index (χ1n) is 6.61. The molecule has 1 heterocycles. The second kappa shape index (κ2) is 5.23. The van der Waals surface area contributed by atoms with Gasteiger partial charge in [0.2, 0.25) is 0 Å². The quantitative estimate of drug-likeness (QED) is 0.861. The van der Waals surface area contributed by atoms with Crippen LogP contribution >= 0.6 is 0 Å². The third kappa shape index (κ3) is 2.76. The van der Waals surface area contributed by atoms with Crippen LogP contribution in [0.5, 0.6) is 0 Å². The minimum absolute atomic E-state index is 0.137. The zero-order chi connectivity index (χ0) is 15.0. The zero-order valence-corrected chi connectivity index (χ0v) is 11.0. The van der Waals surface area contributed by atoms with E-state index in [9.17, 15) is 13.6 Å². The van der Waals surface area contributed by atoms with Crippen molar-refractivity contribution in [3.8, 4) is 0 Å². The number of nitrogens with zero attached hydrogens (tertiary/aromatic N) is 3. The molecule has 1 aromatic carbocycles. The van der Waals surface area contributed by atoms with Crippen molar-refractivity contribution < 1.29 is 18.7 Å². The number of carboxylic acid groups (broad SMARTS) is 1. The first-order valence-corrected chi connectivity index (χ1v) is 6.61. The van der Waals surface area contributed by atoms with Crippen molar-refractivity contribution in [2.45, 2.75) is 25.8 Å². The van der Waals surface area contributed by atoms with E-state index in [0.717, 1.165) is 25.0 Å². The van der Waals surface area contributed by atoms with Crippen LogP contribution in [-0.4, -0.2) is 26.1 Å². The highest BCUT2D eigenvalue weighted by Gasteiger charge is 2.25. The van der Waals surface area contributed by atoms with Crippen LogP contribution in [0.1, 0.15) is 30.4 Å². The van der Waals surface area contributed by atoms with Crippen LogP contribution in [0.2, 0.25) is 0 Å². The van der Waals surface area contributed by atoms with E-state index < -0.39 is 12.4 Å². The predicted molar refractivity (Wildman–Crippen MR) is 71.9 cm³/mol. The third-order valence-corrected chi connectivity index (χ3v) is 3.51. The van der Waals surface area contributed by atoms with Gasteiger partial charge in [-0.3, -0.25) is 0 Å². The van der Waals surface area contributed by atoms with E-state index in [4.69, 9.17) is 5.11 Å². The van der Waals surface area contributed by atoms with Crippen molar-refractivity contribution in [3.05, 3.63) is 29.3 Å². The Labute approximate surface area is 118 Å². The summed E-state index contributed by atoms with van der Waals surface area (Å²) in [6.45, 7) is 0.684. The van der Waals surface area contributed by atoms with E-state index in [0.29, 0.717) is 18.0 Å². The van der Waals surface area contributed by atoms with Crippen molar-refractivity contribution >= 4 is 23.1 Å². The molecular weight excluding hydrogens is 280 g/mol. The van der Waals surface area contributed by atoms with Crippen LogP contribution < -0.4 is 0 Å². The molecule has 0 spiro atoms. The van der Waals surface area contributed by atoms with Crippen LogP contribution in [0.25, 0.3) is 17.1 Å². The van der Waals surface area contributed by atoms with Crippen LogP contribution in [0.3, 0.4) is 0 Å².